The summed E-state index contributed by atoms with van der Waals surface area (Å²) in [6.45, 7) is 6.74. The van der Waals surface area contributed by atoms with Gasteiger partial charge in [0.1, 0.15) is 5.67 Å². The van der Waals surface area contributed by atoms with Gasteiger partial charge in [0.2, 0.25) is 0 Å². The number of rotatable bonds is 3. The third-order valence-corrected chi connectivity index (χ3v) is 1.46. The first kappa shape index (κ1) is 9.89. The maximum atomic E-state index is 12.8. The minimum Gasteiger partial charge on any atom is -0.393 e. The quantitative estimate of drug-likeness (QED) is 0.650. The zero-order chi connectivity index (χ0) is 8.36. The van der Waals surface area contributed by atoms with Gasteiger partial charge in [-0.3, -0.25) is 0 Å². The number of aliphatic hydroxyl groups is 1. The van der Waals surface area contributed by atoms with Crippen LogP contribution in [0.3, 0.4) is 0 Å². The third-order valence-electron chi connectivity index (χ3n) is 1.46. The molecular weight excluding hydrogens is 131 g/mol. The van der Waals surface area contributed by atoms with Crippen LogP contribution in [0, 0.1) is 5.92 Å². The summed E-state index contributed by atoms with van der Waals surface area (Å²) in [4.78, 5) is 0. The lowest BCUT2D eigenvalue weighted by Gasteiger charge is -2.21. The largest absolute Gasteiger partial charge is 0.393 e. The van der Waals surface area contributed by atoms with Gasteiger partial charge in [0.15, 0.2) is 0 Å². The maximum absolute atomic E-state index is 12.8. The van der Waals surface area contributed by atoms with Gasteiger partial charge >= 0.3 is 0 Å². The van der Waals surface area contributed by atoms with Gasteiger partial charge in [0.05, 0.1) is 6.10 Å². The van der Waals surface area contributed by atoms with Crippen LogP contribution in [-0.2, 0) is 0 Å². The summed E-state index contributed by atoms with van der Waals surface area (Å²) in [6, 6.07) is 0. The lowest BCUT2D eigenvalue weighted by molar-refractivity contribution is 0.0551. The van der Waals surface area contributed by atoms with Crippen molar-refractivity contribution in [2.24, 2.45) is 5.92 Å². The number of hydrogen-bond donors (Lipinski definition) is 1. The topological polar surface area (TPSA) is 20.2 Å². The molecule has 0 rings (SSSR count). The molecular formula is C8H17FO. The average molecular weight is 148 g/mol. The molecule has 1 unspecified atom stereocenters. The van der Waals surface area contributed by atoms with Crippen LogP contribution in [0.1, 0.15) is 34.1 Å². The molecule has 0 amide bonds. The van der Waals surface area contributed by atoms with Gasteiger partial charge in [-0.15, -0.1) is 0 Å². The van der Waals surface area contributed by atoms with E-state index < -0.39 is 11.8 Å². The van der Waals surface area contributed by atoms with E-state index >= 15 is 0 Å². The molecule has 0 heterocycles. The number of hydrogen-bond acceptors (Lipinski definition) is 1. The fraction of sp³-hybridized carbons (Fsp3) is 1.00. The van der Waals surface area contributed by atoms with Gasteiger partial charge in [0.25, 0.3) is 0 Å². The molecule has 0 spiro atoms. The normalized spacial score (nSPS) is 15.9. The van der Waals surface area contributed by atoms with Crippen LogP contribution in [0.25, 0.3) is 0 Å². The predicted molar refractivity (Wildman–Crippen MR) is 40.6 cm³/mol. The molecule has 0 aliphatic rings. The van der Waals surface area contributed by atoms with E-state index in [-0.39, 0.29) is 12.3 Å². The van der Waals surface area contributed by atoms with Crippen LogP contribution in [-0.4, -0.2) is 16.9 Å². The van der Waals surface area contributed by atoms with E-state index in [4.69, 9.17) is 0 Å². The summed E-state index contributed by atoms with van der Waals surface area (Å²) >= 11 is 0. The van der Waals surface area contributed by atoms with Crippen LogP contribution in [0.2, 0.25) is 0 Å². The fourth-order valence-corrected chi connectivity index (χ4v) is 0.733. The highest BCUT2D eigenvalue weighted by Gasteiger charge is 2.22. The van der Waals surface area contributed by atoms with Gasteiger partial charge < -0.3 is 5.11 Å². The van der Waals surface area contributed by atoms with E-state index in [0.29, 0.717) is 0 Å². The third kappa shape index (κ3) is 4.74. The van der Waals surface area contributed by atoms with Crippen molar-refractivity contribution in [3.63, 3.8) is 0 Å². The molecule has 0 saturated carbocycles. The summed E-state index contributed by atoms with van der Waals surface area (Å²) in [6.07, 6.45) is -0.287. The predicted octanol–water partition coefficient (Wildman–Crippen LogP) is 2.14. The highest BCUT2D eigenvalue weighted by atomic mass is 19.1. The minimum atomic E-state index is -1.25. The molecule has 1 nitrogen and oxygen atoms in total. The van der Waals surface area contributed by atoms with E-state index in [9.17, 15) is 9.50 Å². The van der Waals surface area contributed by atoms with Crippen LogP contribution in [0.4, 0.5) is 4.39 Å². The van der Waals surface area contributed by atoms with Crippen molar-refractivity contribution < 1.29 is 9.50 Å². The smallest absolute Gasteiger partial charge is 0.108 e. The molecule has 10 heavy (non-hydrogen) atoms. The highest BCUT2D eigenvalue weighted by molar-refractivity contribution is 4.73. The van der Waals surface area contributed by atoms with Crippen molar-refractivity contribution >= 4 is 0 Å². The Morgan fingerprint density at radius 2 is 1.80 bits per heavy atom. The second kappa shape index (κ2) is 3.33. The molecule has 0 saturated heterocycles. The summed E-state index contributed by atoms with van der Waals surface area (Å²) in [5.41, 5.74) is -1.25. The summed E-state index contributed by atoms with van der Waals surface area (Å²) in [7, 11) is 0. The Bertz CT molecular complexity index is 93.9. The molecule has 0 radical (unpaired) electrons. The zero-order valence-corrected chi connectivity index (χ0v) is 7.19. The molecule has 0 fully saturated rings. The van der Waals surface area contributed by atoms with Crippen LogP contribution in [0.15, 0.2) is 0 Å². The van der Waals surface area contributed by atoms with Gasteiger partial charge in [-0.05, 0) is 19.8 Å². The second-order valence-electron chi connectivity index (χ2n) is 3.73. The Morgan fingerprint density at radius 3 is 1.90 bits per heavy atom. The molecule has 0 aliphatic heterocycles. The van der Waals surface area contributed by atoms with E-state index in [0.717, 1.165) is 0 Å². The Morgan fingerprint density at radius 1 is 1.40 bits per heavy atom. The van der Waals surface area contributed by atoms with Crippen molar-refractivity contribution in [3.05, 3.63) is 0 Å². The van der Waals surface area contributed by atoms with E-state index in [1.54, 1.807) is 0 Å². The van der Waals surface area contributed by atoms with Gasteiger partial charge in [-0.2, -0.15) is 0 Å². The lowest BCUT2D eigenvalue weighted by atomic mass is 9.95. The number of halogens is 1. The Kier molecular flexibility index (Phi) is 3.29. The summed E-state index contributed by atoms with van der Waals surface area (Å²) < 4.78 is 12.8. The molecule has 1 N–H and O–H groups in total. The van der Waals surface area contributed by atoms with E-state index in [1.807, 2.05) is 13.8 Å². The molecule has 1 atom stereocenters. The average Bonchev–Trinajstić information content (AvgIpc) is 1.60. The summed E-state index contributed by atoms with van der Waals surface area (Å²) in [5, 5.41) is 9.22. The summed E-state index contributed by atoms with van der Waals surface area (Å²) in [5.74, 6) is 0.148. The monoisotopic (exact) mass is 148 g/mol. The van der Waals surface area contributed by atoms with Crippen LogP contribution >= 0.6 is 0 Å². The van der Waals surface area contributed by atoms with Crippen molar-refractivity contribution in [3.8, 4) is 0 Å². The minimum absolute atomic E-state index is 0.148. The Labute approximate surface area is 62.3 Å². The van der Waals surface area contributed by atoms with Crippen molar-refractivity contribution in [1.29, 1.82) is 0 Å². The van der Waals surface area contributed by atoms with Gasteiger partial charge in [-0.1, -0.05) is 13.8 Å². The first-order chi connectivity index (χ1) is 4.33. The molecule has 0 aromatic rings. The van der Waals surface area contributed by atoms with Crippen LogP contribution < -0.4 is 0 Å². The van der Waals surface area contributed by atoms with Gasteiger partial charge in [0, 0.05) is 6.42 Å². The molecule has 0 aromatic carbocycles. The standard InChI is InChI=1S/C8H17FO/c1-6(2)7(10)5-8(3,4)9/h6-7,10H,5H2,1-4H3. The lowest BCUT2D eigenvalue weighted by Crippen LogP contribution is -2.25. The highest BCUT2D eigenvalue weighted by Crippen LogP contribution is 2.19. The van der Waals surface area contributed by atoms with Gasteiger partial charge in [-0.25, -0.2) is 4.39 Å². The first-order valence-electron chi connectivity index (χ1n) is 3.70. The molecule has 62 valence electrons. The Hall–Kier alpha value is -0.110. The maximum Gasteiger partial charge on any atom is 0.108 e. The van der Waals surface area contributed by atoms with E-state index in [1.165, 1.54) is 13.8 Å². The van der Waals surface area contributed by atoms with Crippen molar-refractivity contribution in [1.82, 2.24) is 0 Å². The van der Waals surface area contributed by atoms with Crippen molar-refractivity contribution in [2.75, 3.05) is 0 Å². The number of alkyl halides is 1. The van der Waals surface area contributed by atoms with Crippen LogP contribution in [0.5, 0.6) is 0 Å². The SMILES string of the molecule is CC(C)C(O)CC(C)(C)F. The Balaban J connectivity index is 3.68. The first-order valence-corrected chi connectivity index (χ1v) is 3.70. The number of aliphatic hydroxyl groups excluding tert-OH is 1. The molecule has 0 bridgehead atoms. The molecule has 2 heteroatoms. The molecule has 0 aliphatic carbocycles. The second-order valence-corrected chi connectivity index (χ2v) is 3.73. The fourth-order valence-electron chi connectivity index (χ4n) is 0.733. The molecule has 0 aromatic heterocycles. The van der Waals surface area contributed by atoms with Crippen molar-refractivity contribution in [2.45, 2.75) is 45.9 Å². The zero-order valence-electron chi connectivity index (χ0n) is 7.19. The van der Waals surface area contributed by atoms with E-state index in [2.05, 4.69) is 0 Å².